The Balaban J connectivity index is 3.13. The van der Waals surface area contributed by atoms with E-state index in [4.69, 9.17) is 0 Å². The lowest BCUT2D eigenvalue weighted by atomic mass is 10.5. The van der Waals surface area contributed by atoms with E-state index >= 15 is 0 Å². The van der Waals surface area contributed by atoms with E-state index in [-0.39, 0.29) is 0 Å². The summed E-state index contributed by atoms with van der Waals surface area (Å²) in [6.07, 6.45) is 8.10. The van der Waals surface area contributed by atoms with Crippen molar-refractivity contribution in [2.75, 3.05) is 10.7 Å². The topological polar surface area (TPSA) is 0 Å². The normalized spacial score (nSPS) is 11.8. The molecule has 0 saturated carbocycles. The maximum atomic E-state index is 3.27. The summed E-state index contributed by atoms with van der Waals surface area (Å²) >= 11 is 6.54. The van der Waals surface area contributed by atoms with Gasteiger partial charge in [-0.1, -0.05) is 56.2 Å². The van der Waals surface area contributed by atoms with Gasteiger partial charge in [0.1, 0.15) is 0 Å². The molecule has 0 atom stereocenters. The van der Waals surface area contributed by atoms with E-state index in [0.717, 1.165) is 10.7 Å². The van der Waals surface area contributed by atoms with E-state index in [1.165, 1.54) is 0 Å². The molecule has 0 aliphatic rings. The van der Waals surface area contributed by atoms with Gasteiger partial charge >= 0.3 is 0 Å². The number of halogens is 2. The van der Waals surface area contributed by atoms with E-state index in [9.17, 15) is 0 Å². The van der Waals surface area contributed by atoms with Gasteiger partial charge in [0.2, 0.25) is 0 Å². The van der Waals surface area contributed by atoms with Crippen LogP contribution >= 0.6 is 31.9 Å². The van der Waals surface area contributed by atoms with Gasteiger partial charge in [0.15, 0.2) is 0 Å². The molecule has 0 aromatic heterocycles. The van der Waals surface area contributed by atoms with E-state index in [1.807, 2.05) is 24.3 Å². The smallest absolute Gasteiger partial charge is 0.0215 e. The summed E-state index contributed by atoms with van der Waals surface area (Å²) in [5, 5.41) is 1.86. The molecule has 0 aliphatic heterocycles. The maximum Gasteiger partial charge on any atom is 0.0215 e. The van der Waals surface area contributed by atoms with Crippen molar-refractivity contribution in [1.82, 2.24) is 0 Å². The summed E-state index contributed by atoms with van der Waals surface area (Å²) in [5.74, 6) is 0. The summed E-state index contributed by atoms with van der Waals surface area (Å²) in [5.41, 5.74) is 0. The Morgan fingerprint density at radius 1 is 0.875 bits per heavy atom. The Hall–Kier alpha value is 0.440. The van der Waals surface area contributed by atoms with Gasteiger partial charge in [-0.3, -0.25) is 0 Å². The molecule has 0 unspecified atom stereocenters. The van der Waals surface area contributed by atoms with Gasteiger partial charge in [0.05, 0.1) is 0 Å². The molecule has 0 heterocycles. The summed E-state index contributed by atoms with van der Waals surface area (Å²) in [6, 6.07) is 0. The van der Waals surface area contributed by atoms with Gasteiger partial charge in [-0.05, 0) is 0 Å². The van der Waals surface area contributed by atoms with Crippen LogP contribution in [0.25, 0.3) is 0 Å². The Morgan fingerprint density at radius 2 is 1.25 bits per heavy atom. The summed E-state index contributed by atoms with van der Waals surface area (Å²) < 4.78 is 0. The molecule has 46 valence electrons. The van der Waals surface area contributed by atoms with Crippen molar-refractivity contribution in [3.63, 3.8) is 0 Å². The van der Waals surface area contributed by atoms with E-state index in [2.05, 4.69) is 31.9 Å². The monoisotopic (exact) mass is 238 g/mol. The van der Waals surface area contributed by atoms with E-state index in [0.29, 0.717) is 0 Å². The maximum absolute atomic E-state index is 3.27. The summed E-state index contributed by atoms with van der Waals surface area (Å²) in [7, 11) is 0. The van der Waals surface area contributed by atoms with Crippen LogP contribution in [0.2, 0.25) is 0 Å². The van der Waals surface area contributed by atoms with Crippen LogP contribution in [0.5, 0.6) is 0 Å². The standard InChI is InChI=1S/C6H8Br2/c7-5-3-1-2-4-6-8/h1-4H,5-6H2. The van der Waals surface area contributed by atoms with Gasteiger partial charge in [-0.15, -0.1) is 0 Å². The first-order valence-electron chi connectivity index (χ1n) is 2.35. The quantitative estimate of drug-likeness (QED) is 0.525. The highest BCUT2D eigenvalue weighted by Gasteiger charge is 1.63. The van der Waals surface area contributed by atoms with Crippen LogP contribution in [-0.2, 0) is 0 Å². The predicted molar refractivity (Wildman–Crippen MR) is 45.9 cm³/mol. The van der Waals surface area contributed by atoms with Crippen LogP contribution in [0, 0.1) is 0 Å². The molecule has 2 heteroatoms. The minimum absolute atomic E-state index is 0.930. The van der Waals surface area contributed by atoms with Gasteiger partial charge in [-0.2, -0.15) is 0 Å². The third-order valence-electron chi connectivity index (χ3n) is 0.561. The van der Waals surface area contributed by atoms with Crippen molar-refractivity contribution in [1.29, 1.82) is 0 Å². The number of rotatable bonds is 3. The van der Waals surface area contributed by atoms with Crippen LogP contribution in [0.15, 0.2) is 24.3 Å². The highest BCUT2D eigenvalue weighted by molar-refractivity contribution is 9.09. The molecule has 0 radical (unpaired) electrons. The Labute approximate surface area is 66.9 Å². The molecular formula is C6H8Br2. The fourth-order valence-electron chi connectivity index (χ4n) is 0.260. The van der Waals surface area contributed by atoms with Crippen molar-refractivity contribution in [3.8, 4) is 0 Å². The Kier molecular flexibility index (Phi) is 7.85. The van der Waals surface area contributed by atoms with Crippen molar-refractivity contribution in [3.05, 3.63) is 24.3 Å². The van der Waals surface area contributed by atoms with Gasteiger partial charge in [-0.25, -0.2) is 0 Å². The molecule has 0 amide bonds. The Bertz CT molecular complexity index is 72.5. The molecule has 8 heavy (non-hydrogen) atoms. The lowest BCUT2D eigenvalue weighted by molar-refractivity contribution is 1.73. The number of hydrogen-bond acceptors (Lipinski definition) is 0. The predicted octanol–water partition coefficient (Wildman–Crippen LogP) is 2.89. The second-order valence-corrected chi connectivity index (χ2v) is 2.46. The van der Waals surface area contributed by atoms with Crippen LogP contribution in [-0.4, -0.2) is 10.7 Å². The second kappa shape index (κ2) is 7.44. The molecule has 0 fully saturated rings. The van der Waals surface area contributed by atoms with Gasteiger partial charge < -0.3 is 0 Å². The first kappa shape index (κ1) is 8.44. The summed E-state index contributed by atoms with van der Waals surface area (Å²) in [4.78, 5) is 0. The molecule has 0 spiro atoms. The van der Waals surface area contributed by atoms with Crippen LogP contribution < -0.4 is 0 Å². The third kappa shape index (κ3) is 6.44. The van der Waals surface area contributed by atoms with Gasteiger partial charge in [0, 0.05) is 10.7 Å². The number of allylic oxidation sites excluding steroid dienone is 4. The zero-order chi connectivity index (χ0) is 6.24. The largest absolute Gasteiger partial charge is 0.0883 e. The first-order valence-corrected chi connectivity index (χ1v) is 4.59. The van der Waals surface area contributed by atoms with Crippen molar-refractivity contribution in [2.24, 2.45) is 0 Å². The van der Waals surface area contributed by atoms with Crippen molar-refractivity contribution < 1.29 is 0 Å². The molecule has 0 saturated heterocycles. The SMILES string of the molecule is BrCC=CC=CCBr. The highest BCUT2D eigenvalue weighted by atomic mass is 79.9. The fourth-order valence-corrected chi connectivity index (χ4v) is 0.692. The molecule has 0 bridgehead atoms. The molecule has 0 rings (SSSR count). The zero-order valence-electron chi connectivity index (χ0n) is 4.48. The van der Waals surface area contributed by atoms with Crippen molar-refractivity contribution in [2.45, 2.75) is 0 Å². The Morgan fingerprint density at radius 3 is 1.50 bits per heavy atom. The molecule has 0 N–H and O–H groups in total. The lowest BCUT2D eigenvalue weighted by Gasteiger charge is -1.72. The average Bonchev–Trinajstić information content (AvgIpc) is 1.81. The molecular weight excluding hydrogens is 232 g/mol. The number of hydrogen-bond donors (Lipinski definition) is 0. The van der Waals surface area contributed by atoms with Crippen LogP contribution in [0.4, 0.5) is 0 Å². The van der Waals surface area contributed by atoms with E-state index in [1.54, 1.807) is 0 Å². The zero-order valence-corrected chi connectivity index (χ0v) is 7.65. The first-order chi connectivity index (χ1) is 3.91. The lowest BCUT2D eigenvalue weighted by Crippen LogP contribution is -1.57. The van der Waals surface area contributed by atoms with E-state index < -0.39 is 0 Å². The minimum atomic E-state index is 0.930. The summed E-state index contributed by atoms with van der Waals surface area (Å²) in [6.45, 7) is 0. The minimum Gasteiger partial charge on any atom is -0.0883 e. The molecule has 0 nitrogen and oxygen atoms in total. The van der Waals surface area contributed by atoms with Crippen LogP contribution in [0.1, 0.15) is 0 Å². The molecule has 0 aliphatic carbocycles. The second-order valence-electron chi connectivity index (χ2n) is 1.16. The van der Waals surface area contributed by atoms with Gasteiger partial charge in [0.25, 0.3) is 0 Å². The third-order valence-corrected chi connectivity index (χ3v) is 1.31. The average molecular weight is 240 g/mol. The van der Waals surface area contributed by atoms with Crippen molar-refractivity contribution >= 4 is 31.9 Å². The highest BCUT2D eigenvalue weighted by Crippen LogP contribution is 1.85. The molecule has 0 aromatic rings. The van der Waals surface area contributed by atoms with Crippen LogP contribution in [0.3, 0.4) is 0 Å². The molecule has 0 aromatic carbocycles. The fraction of sp³-hybridized carbons (Fsp3) is 0.333. The number of alkyl halides is 2.